The number of hydrogen-bond acceptors (Lipinski definition) is 2. The molecule has 0 fully saturated rings. The summed E-state index contributed by atoms with van der Waals surface area (Å²) in [5, 5.41) is 6.34. The molecule has 0 aliphatic carbocycles. The molecule has 0 unspecified atom stereocenters. The quantitative estimate of drug-likeness (QED) is 0.893. The Morgan fingerprint density at radius 3 is 2.62 bits per heavy atom. The summed E-state index contributed by atoms with van der Waals surface area (Å²) in [5.41, 5.74) is 4.32. The second kappa shape index (κ2) is 6.00. The summed E-state index contributed by atoms with van der Waals surface area (Å²) >= 11 is 3.42. The maximum atomic E-state index is 12.4. The molecule has 108 valence electrons. The maximum absolute atomic E-state index is 12.4. The van der Waals surface area contributed by atoms with E-state index >= 15 is 0 Å². The molecule has 3 nitrogen and oxygen atoms in total. The Morgan fingerprint density at radius 1 is 1.14 bits per heavy atom. The van der Waals surface area contributed by atoms with E-state index in [4.69, 9.17) is 0 Å². The Kier molecular flexibility index (Phi) is 4.08. The van der Waals surface area contributed by atoms with Gasteiger partial charge in [0.25, 0.3) is 5.91 Å². The average molecular weight is 345 g/mol. The van der Waals surface area contributed by atoms with Gasteiger partial charge in [0.2, 0.25) is 0 Å². The van der Waals surface area contributed by atoms with E-state index in [0.29, 0.717) is 0 Å². The third-order valence-electron chi connectivity index (χ3n) is 3.82. The largest absolute Gasteiger partial charge is 0.346 e. The van der Waals surface area contributed by atoms with Crippen molar-refractivity contribution in [1.82, 2.24) is 10.6 Å². The molecule has 1 aliphatic rings. The van der Waals surface area contributed by atoms with Crippen molar-refractivity contribution in [1.29, 1.82) is 0 Å². The van der Waals surface area contributed by atoms with Gasteiger partial charge in [0, 0.05) is 23.1 Å². The zero-order valence-corrected chi connectivity index (χ0v) is 13.4. The summed E-state index contributed by atoms with van der Waals surface area (Å²) in [5.74, 6) is -0.0277. The lowest BCUT2D eigenvalue weighted by atomic mass is 10.0. The van der Waals surface area contributed by atoms with E-state index in [1.165, 1.54) is 11.1 Å². The molecule has 1 atom stereocenters. The van der Waals surface area contributed by atoms with Crippen molar-refractivity contribution in [3.63, 3.8) is 0 Å². The van der Waals surface area contributed by atoms with Crippen LogP contribution in [0.4, 0.5) is 0 Å². The van der Waals surface area contributed by atoms with Gasteiger partial charge < -0.3 is 10.6 Å². The van der Waals surface area contributed by atoms with Gasteiger partial charge in [0.1, 0.15) is 0 Å². The predicted octanol–water partition coefficient (Wildman–Crippen LogP) is 3.54. The first-order valence-corrected chi connectivity index (χ1v) is 7.81. The highest BCUT2D eigenvalue weighted by molar-refractivity contribution is 9.10. The van der Waals surface area contributed by atoms with Crippen LogP contribution >= 0.6 is 15.9 Å². The van der Waals surface area contributed by atoms with Gasteiger partial charge in [0.15, 0.2) is 0 Å². The monoisotopic (exact) mass is 344 g/mol. The zero-order chi connectivity index (χ0) is 14.8. The van der Waals surface area contributed by atoms with Gasteiger partial charge in [-0.1, -0.05) is 34.1 Å². The third-order valence-corrected chi connectivity index (χ3v) is 4.35. The van der Waals surface area contributed by atoms with Gasteiger partial charge in [-0.25, -0.2) is 0 Å². The minimum Gasteiger partial charge on any atom is -0.346 e. The first-order chi connectivity index (χ1) is 10.1. The van der Waals surface area contributed by atoms with Gasteiger partial charge in [-0.15, -0.1) is 0 Å². The highest BCUT2D eigenvalue weighted by Gasteiger charge is 2.15. The van der Waals surface area contributed by atoms with Crippen LogP contribution < -0.4 is 10.6 Å². The lowest BCUT2D eigenvalue weighted by Gasteiger charge is -2.15. The van der Waals surface area contributed by atoms with Gasteiger partial charge >= 0.3 is 0 Å². The molecule has 0 saturated heterocycles. The lowest BCUT2D eigenvalue weighted by molar-refractivity contribution is 0.0940. The fourth-order valence-electron chi connectivity index (χ4n) is 2.55. The molecule has 0 radical (unpaired) electrons. The molecule has 1 aliphatic heterocycles. The molecule has 2 aromatic carbocycles. The van der Waals surface area contributed by atoms with E-state index in [2.05, 4.69) is 26.6 Å². The highest BCUT2D eigenvalue weighted by atomic mass is 79.9. The number of amides is 1. The number of hydrogen-bond donors (Lipinski definition) is 2. The molecule has 1 amide bonds. The van der Waals surface area contributed by atoms with E-state index in [-0.39, 0.29) is 11.9 Å². The Hall–Kier alpha value is -1.65. The van der Waals surface area contributed by atoms with Crippen molar-refractivity contribution >= 4 is 21.8 Å². The number of fused-ring (bicyclic) bond motifs is 1. The summed E-state index contributed by atoms with van der Waals surface area (Å²) in [7, 11) is 0. The normalized spacial score (nSPS) is 14.6. The van der Waals surface area contributed by atoms with Crippen LogP contribution in [0.1, 0.15) is 40.0 Å². The minimum atomic E-state index is -0.0277. The van der Waals surface area contributed by atoms with E-state index < -0.39 is 0 Å². The molecule has 2 N–H and O–H groups in total. The van der Waals surface area contributed by atoms with Gasteiger partial charge in [-0.2, -0.15) is 0 Å². The molecular weight excluding hydrogens is 328 g/mol. The Bertz CT molecular complexity index is 667. The van der Waals surface area contributed by atoms with Crippen molar-refractivity contribution in [2.75, 3.05) is 0 Å². The number of benzene rings is 2. The summed E-state index contributed by atoms with van der Waals surface area (Å²) in [6.45, 7) is 3.74. The fourth-order valence-corrected chi connectivity index (χ4v) is 2.82. The second-order valence-corrected chi connectivity index (χ2v) is 6.25. The predicted molar refractivity (Wildman–Crippen MR) is 87.0 cm³/mol. The number of nitrogens with one attached hydrogen (secondary N) is 2. The summed E-state index contributed by atoms with van der Waals surface area (Å²) < 4.78 is 1.04. The number of halogens is 1. The number of rotatable bonds is 3. The van der Waals surface area contributed by atoms with E-state index in [9.17, 15) is 4.79 Å². The molecule has 1 heterocycles. The van der Waals surface area contributed by atoms with Crippen LogP contribution in [0, 0.1) is 0 Å². The fraction of sp³-hybridized carbons (Fsp3) is 0.235. The van der Waals surface area contributed by atoms with Crippen molar-refractivity contribution in [3.8, 4) is 0 Å². The van der Waals surface area contributed by atoms with Crippen LogP contribution in [0.2, 0.25) is 0 Å². The van der Waals surface area contributed by atoms with Gasteiger partial charge in [0.05, 0.1) is 6.04 Å². The maximum Gasteiger partial charge on any atom is 0.251 e. The Labute approximate surface area is 132 Å². The third kappa shape index (κ3) is 3.17. The van der Waals surface area contributed by atoms with E-state index in [1.807, 2.05) is 49.4 Å². The molecule has 21 heavy (non-hydrogen) atoms. The molecule has 0 saturated carbocycles. The van der Waals surface area contributed by atoms with Crippen LogP contribution in [0.15, 0.2) is 46.9 Å². The van der Waals surface area contributed by atoms with Crippen LogP contribution in [-0.4, -0.2) is 5.91 Å². The average Bonchev–Trinajstić information content (AvgIpc) is 2.95. The molecular formula is C17H17BrN2O. The second-order valence-electron chi connectivity index (χ2n) is 5.33. The van der Waals surface area contributed by atoms with Crippen molar-refractivity contribution in [2.24, 2.45) is 0 Å². The summed E-state index contributed by atoms with van der Waals surface area (Å²) in [4.78, 5) is 12.4. The highest BCUT2D eigenvalue weighted by Crippen LogP contribution is 2.19. The van der Waals surface area contributed by atoms with Crippen LogP contribution in [0.5, 0.6) is 0 Å². The topological polar surface area (TPSA) is 41.1 Å². The molecule has 0 spiro atoms. The lowest BCUT2D eigenvalue weighted by Crippen LogP contribution is -2.26. The summed E-state index contributed by atoms with van der Waals surface area (Å²) in [6, 6.07) is 13.9. The molecule has 0 aromatic heterocycles. The molecule has 4 heteroatoms. The van der Waals surface area contributed by atoms with Gasteiger partial charge in [-0.05, 0) is 47.9 Å². The van der Waals surface area contributed by atoms with Crippen LogP contribution in [0.3, 0.4) is 0 Å². The van der Waals surface area contributed by atoms with Crippen LogP contribution in [0.25, 0.3) is 0 Å². The van der Waals surface area contributed by atoms with Crippen molar-refractivity contribution in [3.05, 3.63) is 69.2 Å². The van der Waals surface area contributed by atoms with Gasteiger partial charge in [-0.3, -0.25) is 4.79 Å². The summed E-state index contributed by atoms with van der Waals surface area (Å²) in [6.07, 6.45) is 0. The van der Waals surface area contributed by atoms with Crippen molar-refractivity contribution in [2.45, 2.75) is 26.1 Å². The van der Waals surface area contributed by atoms with E-state index in [1.54, 1.807) is 0 Å². The first kappa shape index (κ1) is 14.3. The standard InChI is InChI=1S/C17H17BrN2O/c1-11(12-4-6-16(18)7-5-12)20-17(21)13-2-3-14-9-19-10-15(14)8-13/h2-8,11,19H,9-10H2,1H3,(H,20,21)/t11-/m0/s1. The number of carbonyl (C=O) groups excluding carboxylic acids is 1. The zero-order valence-electron chi connectivity index (χ0n) is 11.8. The van der Waals surface area contributed by atoms with Crippen LogP contribution in [-0.2, 0) is 13.1 Å². The molecule has 2 aromatic rings. The molecule has 0 bridgehead atoms. The SMILES string of the molecule is C[C@H](NC(=O)c1ccc2c(c1)CNC2)c1ccc(Br)cc1. The molecule has 3 rings (SSSR count). The Morgan fingerprint density at radius 2 is 1.86 bits per heavy atom. The first-order valence-electron chi connectivity index (χ1n) is 7.02. The number of carbonyl (C=O) groups is 1. The van der Waals surface area contributed by atoms with Crippen molar-refractivity contribution < 1.29 is 4.79 Å². The Balaban J connectivity index is 1.72. The van der Waals surface area contributed by atoms with E-state index in [0.717, 1.165) is 28.7 Å². The smallest absolute Gasteiger partial charge is 0.251 e. The minimum absolute atomic E-state index is 0.0167.